The number of aromatic nitrogens is 2. The number of fused-ring (bicyclic) bond motifs is 2. The fourth-order valence-electron chi connectivity index (χ4n) is 3.60. The van der Waals surface area contributed by atoms with Crippen molar-refractivity contribution in [3.05, 3.63) is 69.8 Å². The van der Waals surface area contributed by atoms with Crippen molar-refractivity contribution in [2.45, 2.75) is 36.6 Å². The lowest BCUT2D eigenvalue weighted by Crippen LogP contribution is -2.28. The van der Waals surface area contributed by atoms with E-state index in [1.54, 1.807) is 16.3 Å². The molecule has 1 heterocycles. The molecule has 1 N–H and O–H groups in total. The van der Waals surface area contributed by atoms with Crippen molar-refractivity contribution in [2.24, 2.45) is 0 Å². The van der Waals surface area contributed by atoms with Gasteiger partial charge in [0.15, 0.2) is 0 Å². The molecule has 4 nitrogen and oxygen atoms in total. The van der Waals surface area contributed by atoms with E-state index < -0.39 is 0 Å². The first kappa shape index (κ1) is 16.4. The Kier molecular flexibility index (Phi) is 4.59. The highest BCUT2D eigenvalue weighted by Gasteiger charge is 2.21. The normalized spacial score (nSPS) is 13.3. The first-order valence-corrected chi connectivity index (χ1v) is 9.59. The second-order valence-corrected chi connectivity index (χ2v) is 7.24. The topological polar surface area (TPSA) is 55.1 Å². The van der Waals surface area contributed by atoms with Gasteiger partial charge in [-0.2, -0.15) is 4.98 Å². The number of rotatable bonds is 5. The molecule has 0 unspecified atom stereocenters. The summed E-state index contributed by atoms with van der Waals surface area (Å²) in [6, 6.07) is 14.7. The number of nitrogens with zero attached hydrogens (tertiary/aromatic N) is 2. The third-order valence-electron chi connectivity index (χ3n) is 4.77. The highest BCUT2D eigenvalue weighted by molar-refractivity contribution is 7.98. The van der Waals surface area contributed by atoms with Crippen LogP contribution >= 0.6 is 11.8 Å². The zero-order valence-electron chi connectivity index (χ0n) is 13.9. The minimum atomic E-state index is -0.241. The van der Waals surface area contributed by atoms with Gasteiger partial charge in [0, 0.05) is 17.0 Å². The van der Waals surface area contributed by atoms with E-state index in [-0.39, 0.29) is 12.3 Å². The van der Waals surface area contributed by atoms with Gasteiger partial charge in [0.2, 0.25) is 0 Å². The average molecular weight is 352 g/mol. The van der Waals surface area contributed by atoms with Crippen molar-refractivity contribution < 1.29 is 5.11 Å². The van der Waals surface area contributed by atoms with Crippen molar-refractivity contribution in [2.75, 3.05) is 6.61 Å². The predicted molar refractivity (Wildman–Crippen MR) is 101 cm³/mol. The van der Waals surface area contributed by atoms with Gasteiger partial charge in [-0.3, -0.25) is 4.57 Å². The molecule has 5 heteroatoms. The summed E-state index contributed by atoms with van der Waals surface area (Å²) in [5.41, 5.74) is 3.28. The van der Waals surface area contributed by atoms with Gasteiger partial charge in [0.25, 0.3) is 0 Å². The number of benzene rings is 2. The molecule has 1 aliphatic carbocycles. The molecular weight excluding hydrogens is 332 g/mol. The number of thioether (sulfide) groups is 1. The summed E-state index contributed by atoms with van der Waals surface area (Å²) in [7, 11) is 0. The molecule has 0 saturated carbocycles. The van der Waals surface area contributed by atoms with Crippen LogP contribution in [-0.4, -0.2) is 21.3 Å². The molecule has 0 bridgehead atoms. The van der Waals surface area contributed by atoms with Crippen LogP contribution in [0.5, 0.6) is 0 Å². The Hall–Kier alpha value is -2.11. The van der Waals surface area contributed by atoms with Crippen LogP contribution in [0.25, 0.3) is 10.8 Å². The van der Waals surface area contributed by atoms with Gasteiger partial charge in [-0.15, -0.1) is 11.8 Å². The molecule has 0 saturated heterocycles. The van der Waals surface area contributed by atoms with E-state index in [2.05, 4.69) is 47.4 Å². The fraction of sp³-hybridized carbons (Fsp3) is 0.300. The van der Waals surface area contributed by atoms with E-state index in [0.29, 0.717) is 6.54 Å². The third kappa shape index (κ3) is 3.10. The lowest BCUT2D eigenvalue weighted by atomic mass is 10.1. The number of aliphatic hydroxyl groups excluding tert-OH is 1. The third-order valence-corrected chi connectivity index (χ3v) is 5.84. The summed E-state index contributed by atoms with van der Waals surface area (Å²) in [6.45, 7) is 0.305. The maximum Gasteiger partial charge on any atom is 0.348 e. The Balaban J connectivity index is 1.67. The SMILES string of the molecule is O=c1nc(SCc2cccc3ccccc23)c2c(n1CCO)CCC2. The Morgan fingerprint density at radius 1 is 1.12 bits per heavy atom. The molecule has 3 aromatic rings. The second kappa shape index (κ2) is 7.02. The van der Waals surface area contributed by atoms with Crippen LogP contribution in [0.3, 0.4) is 0 Å². The van der Waals surface area contributed by atoms with Crippen LogP contribution in [-0.2, 0) is 25.1 Å². The molecule has 1 aliphatic rings. The number of hydrogen-bond acceptors (Lipinski definition) is 4. The molecule has 1 aromatic heterocycles. The molecule has 2 aromatic carbocycles. The molecule has 0 radical (unpaired) electrons. The minimum absolute atomic E-state index is 0.0312. The van der Waals surface area contributed by atoms with Gasteiger partial charge >= 0.3 is 5.69 Å². The molecule has 0 spiro atoms. The van der Waals surface area contributed by atoms with E-state index in [9.17, 15) is 9.90 Å². The fourth-order valence-corrected chi connectivity index (χ4v) is 4.68. The highest BCUT2D eigenvalue weighted by atomic mass is 32.2. The zero-order valence-corrected chi connectivity index (χ0v) is 14.8. The van der Waals surface area contributed by atoms with Crippen molar-refractivity contribution in [1.29, 1.82) is 0 Å². The Bertz CT molecular complexity index is 976. The first-order valence-electron chi connectivity index (χ1n) is 8.61. The summed E-state index contributed by atoms with van der Waals surface area (Å²) >= 11 is 1.65. The summed E-state index contributed by atoms with van der Waals surface area (Å²) in [5.74, 6) is 0.796. The molecule has 0 fully saturated rings. The van der Waals surface area contributed by atoms with Gasteiger partial charge in [-0.25, -0.2) is 4.79 Å². The van der Waals surface area contributed by atoms with Crippen LogP contribution in [0, 0.1) is 0 Å². The van der Waals surface area contributed by atoms with Crippen molar-refractivity contribution >= 4 is 22.5 Å². The lowest BCUT2D eigenvalue weighted by Gasteiger charge is -2.13. The smallest absolute Gasteiger partial charge is 0.348 e. The summed E-state index contributed by atoms with van der Waals surface area (Å²) in [4.78, 5) is 16.7. The molecule has 0 aliphatic heterocycles. The van der Waals surface area contributed by atoms with Gasteiger partial charge in [-0.05, 0) is 35.6 Å². The molecule has 0 amide bonds. The minimum Gasteiger partial charge on any atom is -0.395 e. The van der Waals surface area contributed by atoms with Gasteiger partial charge in [0.1, 0.15) is 5.03 Å². The van der Waals surface area contributed by atoms with Crippen LogP contribution in [0.4, 0.5) is 0 Å². The van der Waals surface area contributed by atoms with Crippen molar-refractivity contribution in [3.8, 4) is 0 Å². The van der Waals surface area contributed by atoms with E-state index in [4.69, 9.17) is 0 Å². The highest BCUT2D eigenvalue weighted by Crippen LogP contribution is 2.32. The monoisotopic (exact) mass is 352 g/mol. The maximum atomic E-state index is 12.3. The van der Waals surface area contributed by atoms with Crippen LogP contribution in [0.2, 0.25) is 0 Å². The number of aliphatic hydroxyl groups is 1. The molecule has 4 rings (SSSR count). The van der Waals surface area contributed by atoms with Gasteiger partial charge < -0.3 is 5.11 Å². The summed E-state index contributed by atoms with van der Waals surface area (Å²) < 4.78 is 1.64. The Labute approximate surface area is 150 Å². The van der Waals surface area contributed by atoms with E-state index >= 15 is 0 Å². The Morgan fingerprint density at radius 3 is 2.84 bits per heavy atom. The van der Waals surface area contributed by atoms with Crippen LogP contribution in [0.15, 0.2) is 52.3 Å². The molecule has 25 heavy (non-hydrogen) atoms. The summed E-state index contributed by atoms with van der Waals surface area (Å²) in [5, 5.41) is 12.6. The predicted octanol–water partition coefficient (Wildman–Crippen LogP) is 3.17. The standard InChI is InChI=1S/C20H20N2O2S/c23-12-11-22-18-10-4-9-17(18)19(21-20(22)24)25-13-15-7-3-6-14-5-1-2-8-16(14)15/h1-3,5-8,23H,4,9-13H2. The molecule has 0 atom stereocenters. The van der Waals surface area contributed by atoms with Crippen LogP contribution < -0.4 is 5.69 Å². The molecule has 128 valence electrons. The first-order chi connectivity index (χ1) is 12.3. The van der Waals surface area contributed by atoms with Crippen LogP contribution in [0.1, 0.15) is 23.2 Å². The van der Waals surface area contributed by atoms with Crippen molar-refractivity contribution in [1.82, 2.24) is 9.55 Å². The second-order valence-electron chi connectivity index (χ2n) is 6.28. The lowest BCUT2D eigenvalue weighted by molar-refractivity contribution is 0.271. The number of hydrogen-bond donors (Lipinski definition) is 1. The quantitative estimate of drug-likeness (QED) is 0.566. The van der Waals surface area contributed by atoms with E-state index in [1.165, 1.54) is 21.9 Å². The molecular formula is C20H20N2O2S. The Morgan fingerprint density at radius 2 is 1.96 bits per heavy atom. The zero-order chi connectivity index (χ0) is 17.2. The average Bonchev–Trinajstić information content (AvgIpc) is 3.12. The van der Waals surface area contributed by atoms with E-state index in [0.717, 1.165) is 35.7 Å². The van der Waals surface area contributed by atoms with Gasteiger partial charge in [-0.1, -0.05) is 42.5 Å². The maximum absolute atomic E-state index is 12.3. The summed E-state index contributed by atoms with van der Waals surface area (Å²) in [6.07, 6.45) is 2.91. The van der Waals surface area contributed by atoms with Gasteiger partial charge in [0.05, 0.1) is 13.2 Å². The van der Waals surface area contributed by atoms with Crippen molar-refractivity contribution in [3.63, 3.8) is 0 Å². The van der Waals surface area contributed by atoms with E-state index in [1.807, 2.05) is 0 Å². The largest absolute Gasteiger partial charge is 0.395 e.